The highest BCUT2D eigenvalue weighted by atomic mass is 32.2. The zero-order valence-corrected chi connectivity index (χ0v) is 11.4. The van der Waals surface area contributed by atoms with Crippen LogP contribution < -0.4 is 9.44 Å². The number of aryl methyl sites for hydroxylation is 1. The molecule has 0 atom stereocenters. The molecule has 0 aliphatic heterocycles. The van der Waals surface area contributed by atoms with Gasteiger partial charge in [0.2, 0.25) is 0 Å². The summed E-state index contributed by atoms with van der Waals surface area (Å²) in [4.78, 5) is 11.2. The third-order valence-electron chi connectivity index (χ3n) is 1.85. The Kier molecular flexibility index (Phi) is 4.34. The summed E-state index contributed by atoms with van der Waals surface area (Å²) in [5.41, 5.74) is 0.0325. The molecule has 0 saturated heterocycles. The van der Waals surface area contributed by atoms with Gasteiger partial charge in [-0.05, 0) is 13.8 Å². The monoisotopic (exact) mass is 287 g/mol. The lowest BCUT2D eigenvalue weighted by Gasteiger charge is -2.11. The molecule has 1 rings (SSSR count). The van der Waals surface area contributed by atoms with E-state index in [-0.39, 0.29) is 11.4 Å². The number of carbonyl (C=O) groups is 1. The number of aromatic nitrogens is 2. The molecule has 10 heteroatoms. The van der Waals surface area contributed by atoms with Crippen molar-refractivity contribution in [1.82, 2.24) is 14.5 Å². The van der Waals surface area contributed by atoms with Gasteiger partial charge in [-0.15, -0.1) is 0 Å². The highest BCUT2D eigenvalue weighted by Crippen LogP contribution is 2.13. The third kappa shape index (κ3) is 4.14. The van der Waals surface area contributed by atoms with Gasteiger partial charge < -0.3 is 4.74 Å². The quantitative estimate of drug-likeness (QED) is 0.807. The van der Waals surface area contributed by atoms with E-state index < -0.39 is 22.4 Å². The van der Waals surface area contributed by atoms with E-state index in [2.05, 4.69) is 9.84 Å². The first-order chi connectivity index (χ1) is 8.75. The molecular weight excluding hydrogens is 274 g/mol. The number of hydrogen-bond donors (Lipinski definition) is 2. The van der Waals surface area contributed by atoms with Crippen LogP contribution in [0.5, 0.6) is 0 Å². The van der Waals surface area contributed by atoms with Gasteiger partial charge in [0.25, 0.3) is 0 Å². The lowest BCUT2D eigenvalue weighted by atomic mass is 10.4. The van der Waals surface area contributed by atoms with Crippen LogP contribution in [-0.2, 0) is 22.0 Å². The molecule has 0 aliphatic rings. The number of amides is 1. The van der Waals surface area contributed by atoms with Crippen LogP contribution >= 0.6 is 0 Å². The largest absolute Gasteiger partial charge is 0.446 e. The highest BCUT2D eigenvalue weighted by Gasteiger charge is 2.20. The Morgan fingerprint density at radius 1 is 1.58 bits per heavy atom. The second-order valence-electron chi connectivity index (χ2n) is 3.80. The minimum absolute atomic E-state index is 0.0325. The topological polar surface area (TPSA) is 126 Å². The van der Waals surface area contributed by atoms with Crippen molar-refractivity contribution >= 4 is 22.1 Å². The van der Waals surface area contributed by atoms with Gasteiger partial charge in [0.15, 0.2) is 5.82 Å². The number of rotatable bonds is 4. The first kappa shape index (κ1) is 14.8. The predicted molar refractivity (Wildman–Crippen MR) is 65.2 cm³/mol. The van der Waals surface area contributed by atoms with Crippen LogP contribution in [0.15, 0.2) is 6.20 Å². The fraction of sp³-hybridized carbons (Fsp3) is 0.444. The molecular formula is C9H13N5O4S. The lowest BCUT2D eigenvalue weighted by Crippen LogP contribution is -2.37. The van der Waals surface area contributed by atoms with E-state index in [0.717, 1.165) is 4.68 Å². The van der Waals surface area contributed by atoms with Crippen LogP contribution in [0.4, 0.5) is 10.6 Å². The minimum atomic E-state index is -4.19. The maximum Gasteiger partial charge on any atom is 0.422 e. The average Bonchev–Trinajstić information content (AvgIpc) is 2.57. The Hall–Kier alpha value is -2.28. The molecule has 0 saturated carbocycles. The molecule has 1 heterocycles. The molecule has 0 fully saturated rings. The van der Waals surface area contributed by atoms with E-state index in [0.29, 0.717) is 0 Å². The van der Waals surface area contributed by atoms with Crippen molar-refractivity contribution < 1.29 is 17.9 Å². The van der Waals surface area contributed by atoms with E-state index >= 15 is 0 Å². The van der Waals surface area contributed by atoms with E-state index in [9.17, 15) is 13.2 Å². The number of nitriles is 1. The number of hydrogen-bond acceptors (Lipinski definition) is 6. The SMILES string of the molecule is CC(C)OC(=O)NS(=O)(=O)Nc1c(C#N)cnn1C. The van der Waals surface area contributed by atoms with Gasteiger partial charge in [-0.2, -0.15) is 18.8 Å². The van der Waals surface area contributed by atoms with Gasteiger partial charge in [0.05, 0.1) is 12.3 Å². The van der Waals surface area contributed by atoms with Gasteiger partial charge in [0, 0.05) is 7.05 Å². The molecule has 2 N–H and O–H groups in total. The van der Waals surface area contributed by atoms with Gasteiger partial charge in [0.1, 0.15) is 11.6 Å². The van der Waals surface area contributed by atoms with E-state index in [1.807, 2.05) is 4.72 Å². The summed E-state index contributed by atoms with van der Waals surface area (Å²) in [6.07, 6.45) is -0.366. The molecule has 0 bridgehead atoms. The number of anilines is 1. The summed E-state index contributed by atoms with van der Waals surface area (Å²) in [7, 11) is -2.74. The molecule has 9 nitrogen and oxygen atoms in total. The van der Waals surface area contributed by atoms with Crippen molar-refractivity contribution in [2.75, 3.05) is 4.72 Å². The maximum atomic E-state index is 11.6. The zero-order chi connectivity index (χ0) is 14.6. The third-order valence-corrected chi connectivity index (χ3v) is 2.75. The normalized spacial score (nSPS) is 10.9. The summed E-state index contributed by atoms with van der Waals surface area (Å²) in [5.74, 6) is -0.0488. The van der Waals surface area contributed by atoms with Gasteiger partial charge in [-0.3, -0.25) is 4.68 Å². The van der Waals surface area contributed by atoms with Crippen LogP contribution in [0.25, 0.3) is 0 Å². The summed E-state index contributed by atoms with van der Waals surface area (Å²) < 4.78 is 32.7. The summed E-state index contributed by atoms with van der Waals surface area (Å²) in [6.45, 7) is 3.16. The molecule has 19 heavy (non-hydrogen) atoms. The Morgan fingerprint density at radius 3 is 2.74 bits per heavy atom. The van der Waals surface area contributed by atoms with Crippen LogP contribution in [0, 0.1) is 11.3 Å². The van der Waals surface area contributed by atoms with Gasteiger partial charge in [-0.25, -0.2) is 14.2 Å². The standard InChI is InChI=1S/C9H13N5O4S/c1-6(2)18-9(15)13-19(16,17)12-8-7(4-10)5-11-14(8)3/h5-6,12H,1-3H3,(H,13,15). The Labute approximate surface area is 110 Å². The van der Waals surface area contributed by atoms with Gasteiger partial charge >= 0.3 is 16.3 Å². The van der Waals surface area contributed by atoms with Crippen molar-refractivity contribution in [3.63, 3.8) is 0 Å². The number of carbonyl (C=O) groups excluding carboxylic acids is 1. The number of nitrogens with one attached hydrogen (secondary N) is 2. The van der Waals surface area contributed by atoms with Crippen molar-refractivity contribution in [2.24, 2.45) is 7.05 Å². The maximum absolute atomic E-state index is 11.6. The predicted octanol–water partition coefficient (Wildman–Crippen LogP) is 0.0831. The van der Waals surface area contributed by atoms with Crippen molar-refractivity contribution in [2.45, 2.75) is 20.0 Å². The molecule has 0 spiro atoms. The van der Waals surface area contributed by atoms with Crippen molar-refractivity contribution in [3.8, 4) is 6.07 Å². The highest BCUT2D eigenvalue weighted by molar-refractivity contribution is 7.91. The molecule has 0 aliphatic carbocycles. The molecule has 1 amide bonds. The Balaban J connectivity index is 2.83. The molecule has 0 aromatic carbocycles. The van der Waals surface area contributed by atoms with Crippen LogP contribution in [0.2, 0.25) is 0 Å². The Bertz CT molecular complexity index is 613. The molecule has 1 aromatic heterocycles. The van der Waals surface area contributed by atoms with Gasteiger partial charge in [-0.1, -0.05) is 0 Å². The first-order valence-corrected chi connectivity index (χ1v) is 6.66. The van der Waals surface area contributed by atoms with Crippen LogP contribution in [0.3, 0.4) is 0 Å². The molecule has 104 valence electrons. The zero-order valence-electron chi connectivity index (χ0n) is 10.5. The minimum Gasteiger partial charge on any atom is -0.446 e. The fourth-order valence-electron chi connectivity index (χ4n) is 1.14. The smallest absolute Gasteiger partial charge is 0.422 e. The van der Waals surface area contributed by atoms with E-state index in [1.165, 1.54) is 13.2 Å². The lowest BCUT2D eigenvalue weighted by molar-refractivity contribution is 0.121. The van der Waals surface area contributed by atoms with E-state index in [4.69, 9.17) is 5.26 Å². The summed E-state index contributed by atoms with van der Waals surface area (Å²) >= 11 is 0. The summed E-state index contributed by atoms with van der Waals surface area (Å²) in [5, 5.41) is 12.5. The number of nitrogens with zero attached hydrogens (tertiary/aromatic N) is 3. The van der Waals surface area contributed by atoms with E-state index in [1.54, 1.807) is 24.6 Å². The summed E-state index contributed by atoms with van der Waals surface area (Å²) in [6, 6.07) is 1.77. The molecule has 0 radical (unpaired) electrons. The second kappa shape index (κ2) is 5.57. The fourth-order valence-corrected chi connectivity index (χ4v) is 1.96. The van der Waals surface area contributed by atoms with Crippen LogP contribution in [-0.4, -0.2) is 30.4 Å². The second-order valence-corrected chi connectivity index (χ2v) is 5.22. The van der Waals surface area contributed by atoms with Crippen LogP contribution in [0.1, 0.15) is 19.4 Å². The van der Waals surface area contributed by atoms with Crippen molar-refractivity contribution in [1.29, 1.82) is 5.26 Å². The molecule has 1 aromatic rings. The van der Waals surface area contributed by atoms with Crippen molar-refractivity contribution in [3.05, 3.63) is 11.8 Å². The number of ether oxygens (including phenoxy) is 1. The molecule has 0 unspecified atom stereocenters. The first-order valence-electron chi connectivity index (χ1n) is 5.18. The average molecular weight is 287 g/mol. The Morgan fingerprint density at radius 2 is 2.21 bits per heavy atom.